The van der Waals surface area contributed by atoms with Gasteiger partial charge in [-0.25, -0.2) is 22.0 Å². The molecule has 2 aromatic rings. The first-order valence-corrected chi connectivity index (χ1v) is 7.03. The summed E-state index contributed by atoms with van der Waals surface area (Å²) in [6.45, 7) is 0. The lowest BCUT2D eigenvalue weighted by Crippen LogP contribution is -2.05. The molecule has 0 saturated carbocycles. The van der Waals surface area contributed by atoms with Crippen molar-refractivity contribution in [3.63, 3.8) is 0 Å². The zero-order chi connectivity index (χ0) is 16.9. The van der Waals surface area contributed by atoms with Crippen molar-refractivity contribution in [2.75, 3.05) is 0 Å². The molecule has 0 bridgehead atoms. The molecule has 10 heteroatoms. The quantitative estimate of drug-likeness (QED) is 0.260. The molecule has 0 atom stereocenters. The summed E-state index contributed by atoms with van der Waals surface area (Å²) in [5.74, 6) is -10.9. The lowest BCUT2D eigenvalue weighted by Gasteiger charge is -2.15. The van der Waals surface area contributed by atoms with Crippen LogP contribution in [0.2, 0.25) is 25.1 Å². The minimum Gasteiger partial charge on any atom is -0.203 e. The summed E-state index contributed by atoms with van der Waals surface area (Å²) in [4.78, 5) is 0. The van der Waals surface area contributed by atoms with Gasteiger partial charge in [0.25, 0.3) is 0 Å². The lowest BCUT2D eigenvalue weighted by molar-refractivity contribution is 0.381. The third kappa shape index (κ3) is 2.53. The van der Waals surface area contributed by atoms with Gasteiger partial charge < -0.3 is 0 Å². The Bertz CT molecular complexity index is 680. The zero-order valence-electron chi connectivity index (χ0n) is 9.78. The van der Waals surface area contributed by atoms with Crippen molar-refractivity contribution in [3.05, 3.63) is 54.2 Å². The first-order chi connectivity index (χ1) is 10.1. The van der Waals surface area contributed by atoms with Crippen LogP contribution in [0.15, 0.2) is 0 Å². The van der Waals surface area contributed by atoms with Crippen molar-refractivity contribution in [3.8, 4) is 11.1 Å². The van der Waals surface area contributed by atoms with Crippen LogP contribution in [0, 0.1) is 29.1 Å². The van der Waals surface area contributed by atoms with Gasteiger partial charge in [-0.15, -0.1) is 0 Å². The molecule has 2 aromatic carbocycles. The summed E-state index contributed by atoms with van der Waals surface area (Å²) in [6, 6.07) is 0. The Balaban J connectivity index is 3.03. The summed E-state index contributed by atoms with van der Waals surface area (Å²) in [6.07, 6.45) is 0. The van der Waals surface area contributed by atoms with Gasteiger partial charge in [0.15, 0.2) is 23.3 Å². The van der Waals surface area contributed by atoms with Gasteiger partial charge in [0.1, 0.15) is 0 Å². The highest BCUT2D eigenvalue weighted by molar-refractivity contribution is 6.56. The monoisotopic (exact) mass is 414 g/mol. The Morgan fingerprint density at radius 1 is 0.364 bits per heavy atom. The molecule has 0 aromatic heterocycles. The molecule has 0 amide bonds. The second-order valence-corrected chi connectivity index (χ2v) is 5.78. The fourth-order valence-corrected chi connectivity index (χ4v) is 2.98. The van der Waals surface area contributed by atoms with Crippen LogP contribution in [0.25, 0.3) is 11.1 Å². The van der Waals surface area contributed by atoms with Crippen LogP contribution in [0.1, 0.15) is 0 Å². The van der Waals surface area contributed by atoms with Gasteiger partial charge in [-0.2, -0.15) is 0 Å². The highest BCUT2D eigenvalue weighted by Crippen LogP contribution is 2.49. The van der Waals surface area contributed by atoms with E-state index in [0.29, 0.717) is 0 Å². The summed E-state index contributed by atoms with van der Waals surface area (Å²) in [7, 11) is 0. The Hall–Kier alpha value is -0.460. The average Bonchev–Trinajstić information content (AvgIpc) is 2.50. The molecule has 0 aliphatic rings. The van der Waals surface area contributed by atoms with Crippen molar-refractivity contribution in [2.24, 2.45) is 0 Å². The molecule has 22 heavy (non-hydrogen) atoms. The maximum Gasteiger partial charge on any atom is 0.200 e. The number of halogens is 10. The Kier molecular flexibility index (Phi) is 5.05. The molecule has 0 saturated heterocycles. The maximum atomic E-state index is 13.9. The molecule has 0 fully saturated rings. The van der Waals surface area contributed by atoms with E-state index in [4.69, 9.17) is 58.0 Å². The SMILES string of the molecule is Fc1c(F)c(F)c(-c2c(Cl)c(Cl)c(Cl)c(Cl)c2Cl)c(F)c1F. The van der Waals surface area contributed by atoms with E-state index in [2.05, 4.69) is 0 Å². The minimum absolute atomic E-state index is 0.328. The van der Waals surface area contributed by atoms with Crippen LogP contribution in [0.4, 0.5) is 22.0 Å². The predicted molar refractivity (Wildman–Crippen MR) is 76.7 cm³/mol. The van der Waals surface area contributed by atoms with Gasteiger partial charge in [0.2, 0.25) is 5.82 Å². The third-order valence-corrected chi connectivity index (χ3v) is 4.95. The van der Waals surface area contributed by atoms with Gasteiger partial charge in [0, 0.05) is 5.56 Å². The van der Waals surface area contributed by atoms with Gasteiger partial charge in [-0.05, 0) is 0 Å². The van der Waals surface area contributed by atoms with Gasteiger partial charge in [-0.3, -0.25) is 0 Å². The van der Waals surface area contributed by atoms with Crippen LogP contribution < -0.4 is 0 Å². The van der Waals surface area contributed by atoms with Gasteiger partial charge in [0.05, 0.1) is 30.7 Å². The molecule has 0 unspecified atom stereocenters. The van der Waals surface area contributed by atoms with E-state index in [1.807, 2.05) is 0 Å². The average molecular weight is 416 g/mol. The second kappa shape index (κ2) is 6.21. The molecule has 0 radical (unpaired) electrons. The van der Waals surface area contributed by atoms with Crippen LogP contribution in [-0.2, 0) is 0 Å². The topological polar surface area (TPSA) is 0 Å². The number of benzene rings is 2. The van der Waals surface area contributed by atoms with Crippen LogP contribution >= 0.6 is 58.0 Å². The summed E-state index contributed by atoms with van der Waals surface area (Å²) < 4.78 is 67.4. The van der Waals surface area contributed by atoms with E-state index < -0.39 is 60.3 Å². The molecule has 0 N–H and O–H groups in total. The maximum absolute atomic E-state index is 13.9. The summed E-state index contributed by atoms with van der Waals surface area (Å²) in [5.41, 5.74) is -2.11. The van der Waals surface area contributed by atoms with Crippen molar-refractivity contribution in [2.45, 2.75) is 0 Å². The molecule has 0 aliphatic carbocycles. The summed E-state index contributed by atoms with van der Waals surface area (Å²) >= 11 is 28.6. The van der Waals surface area contributed by atoms with Crippen LogP contribution in [0.5, 0.6) is 0 Å². The molecular formula is C12Cl5F5. The lowest BCUT2D eigenvalue weighted by atomic mass is 10.0. The van der Waals surface area contributed by atoms with E-state index in [0.717, 1.165) is 0 Å². The largest absolute Gasteiger partial charge is 0.203 e. The van der Waals surface area contributed by atoms with Crippen molar-refractivity contribution in [1.29, 1.82) is 0 Å². The van der Waals surface area contributed by atoms with Crippen molar-refractivity contribution < 1.29 is 22.0 Å². The van der Waals surface area contributed by atoms with E-state index in [1.165, 1.54) is 0 Å². The Morgan fingerprint density at radius 3 is 1.00 bits per heavy atom. The van der Waals surface area contributed by atoms with E-state index >= 15 is 0 Å². The molecule has 0 aliphatic heterocycles. The van der Waals surface area contributed by atoms with Crippen molar-refractivity contribution in [1.82, 2.24) is 0 Å². The predicted octanol–water partition coefficient (Wildman–Crippen LogP) is 7.32. The molecule has 118 valence electrons. The Morgan fingerprint density at radius 2 is 0.636 bits per heavy atom. The molecule has 0 spiro atoms. The van der Waals surface area contributed by atoms with E-state index in [-0.39, 0.29) is 5.02 Å². The summed E-state index contributed by atoms with van der Waals surface area (Å²) in [5, 5.41) is -2.44. The third-order valence-electron chi connectivity index (χ3n) is 2.67. The smallest absolute Gasteiger partial charge is 0.200 e. The molecule has 0 heterocycles. The highest BCUT2D eigenvalue weighted by atomic mass is 35.5. The number of hydrogen-bond donors (Lipinski definition) is 0. The molecular weight excluding hydrogens is 416 g/mol. The normalized spacial score (nSPS) is 11.2. The van der Waals surface area contributed by atoms with Gasteiger partial charge >= 0.3 is 0 Å². The highest BCUT2D eigenvalue weighted by Gasteiger charge is 2.31. The van der Waals surface area contributed by atoms with Crippen LogP contribution in [-0.4, -0.2) is 0 Å². The number of hydrogen-bond acceptors (Lipinski definition) is 0. The van der Waals surface area contributed by atoms with Crippen molar-refractivity contribution >= 4 is 58.0 Å². The Labute approximate surface area is 145 Å². The van der Waals surface area contributed by atoms with E-state index in [9.17, 15) is 22.0 Å². The zero-order valence-corrected chi connectivity index (χ0v) is 13.6. The van der Waals surface area contributed by atoms with E-state index in [1.54, 1.807) is 0 Å². The fraction of sp³-hybridized carbons (Fsp3) is 0. The fourth-order valence-electron chi connectivity index (χ4n) is 1.65. The first kappa shape index (κ1) is 17.9. The number of rotatable bonds is 1. The van der Waals surface area contributed by atoms with Crippen LogP contribution in [0.3, 0.4) is 0 Å². The van der Waals surface area contributed by atoms with Gasteiger partial charge in [-0.1, -0.05) is 58.0 Å². The minimum atomic E-state index is -2.32. The first-order valence-electron chi connectivity index (χ1n) is 5.14. The standard InChI is InChI=1S/C12Cl5F5/c13-3-1(4(14)6(16)7(17)5(3)15)2-8(18)10(20)12(22)11(21)9(2)19. The second-order valence-electron chi connectivity index (χ2n) is 3.89. The molecule has 2 rings (SSSR count). The molecule has 0 nitrogen and oxygen atoms in total.